The fraction of sp³-hybridized carbons (Fsp3) is 0.250. The second kappa shape index (κ2) is 10.5. The van der Waals surface area contributed by atoms with Crippen LogP contribution >= 0.6 is 15.9 Å². The first-order valence-corrected chi connectivity index (χ1v) is 9.39. The number of hydrogen-bond donors (Lipinski definition) is 2. The fourth-order valence-electron chi connectivity index (χ4n) is 2.25. The van der Waals surface area contributed by atoms with Crippen LogP contribution in [0.2, 0.25) is 0 Å². The van der Waals surface area contributed by atoms with Crippen molar-refractivity contribution in [3.63, 3.8) is 0 Å². The summed E-state index contributed by atoms with van der Waals surface area (Å²) >= 11 is 3.44. The number of nitrogens with zero attached hydrogens (tertiary/aromatic N) is 1. The van der Waals surface area contributed by atoms with Gasteiger partial charge in [-0.3, -0.25) is 9.59 Å². The molecule has 0 unspecified atom stereocenters. The first-order valence-electron chi connectivity index (χ1n) is 8.60. The molecule has 0 atom stereocenters. The van der Waals surface area contributed by atoms with Gasteiger partial charge in [-0.1, -0.05) is 12.1 Å². The maximum atomic E-state index is 12.0. The normalized spacial score (nSPS) is 10.8. The number of methoxy groups -OCH3 is 1. The number of halogens is 1. The Labute approximate surface area is 172 Å². The molecule has 28 heavy (non-hydrogen) atoms. The van der Waals surface area contributed by atoms with Crippen LogP contribution in [0.1, 0.15) is 25.8 Å². The summed E-state index contributed by atoms with van der Waals surface area (Å²) in [4.78, 5) is 23.9. The fourth-order valence-corrected chi connectivity index (χ4v) is 2.74. The molecule has 0 spiro atoms. The van der Waals surface area contributed by atoms with Gasteiger partial charge in [-0.25, -0.2) is 5.43 Å². The number of rotatable bonds is 8. The van der Waals surface area contributed by atoms with E-state index in [4.69, 9.17) is 9.47 Å². The highest BCUT2D eigenvalue weighted by atomic mass is 79.9. The molecular weight excluding hydrogens is 426 g/mol. The molecule has 0 radical (unpaired) electrons. The van der Waals surface area contributed by atoms with Crippen LogP contribution in [0, 0.1) is 0 Å². The number of carbonyl (C=O) groups excluding carboxylic acids is 2. The Balaban J connectivity index is 1.86. The zero-order chi connectivity index (χ0) is 20.5. The Morgan fingerprint density at radius 3 is 2.57 bits per heavy atom. The number of nitrogens with one attached hydrogen (secondary N) is 2. The summed E-state index contributed by atoms with van der Waals surface area (Å²) in [6.07, 6.45) is 1.19. The van der Waals surface area contributed by atoms with Gasteiger partial charge in [-0.05, 0) is 65.7 Å². The predicted octanol–water partition coefficient (Wildman–Crippen LogP) is 3.72. The lowest BCUT2D eigenvalue weighted by molar-refractivity contribution is -0.126. The number of para-hydroxylation sites is 2. The third kappa shape index (κ3) is 6.70. The van der Waals surface area contributed by atoms with Gasteiger partial charge in [0.25, 0.3) is 0 Å². The van der Waals surface area contributed by atoms with E-state index >= 15 is 0 Å². The molecule has 0 saturated carbocycles. The van der Waals surface area contributed by atoms with Gasteiger partial charge in [0.05, 0.1) is 29.6 Å². The Morgan fingerprint density at radius 2 is 1.89 bits per heavy atom. The van der Waals surface area contributed by atoms with Crippen LogP contribution in [0.3, 0.4) is 0 Å². The molecule has 0 bridgehead atoms. The van der Waals surface area contributed by atoms with Crippen LogP contribution < -0.4 is 20.2 Å². The van der Waals surface area contributed by atoms with Gasteiger partial charge in [0.15, 0.2) is 0 Å². The summed E-state index contributed by atoms with van der Waals surface area (Å²) in [6, 6.07) is 12.4. The molecule has 0 heterocycles. The molecule has 2 N–H and O–H groups in total. The highest BCUT2D eigenvalue weighted by Crippen LogP contribution is 2.26. The lowest BCUT2D eigenvalue weighted by atomic mass is 10.2. The van der Waals surface area contributed by atoms with Crippen molar-refractivity contribution in [1.29, 1.82) is 0 Å². The number of amides is 2. The standard InChI is InChI=1S/C20H22BrN3O4/c1-13(2)28-17-9-8-14(10-15(17)21)12-22-24-20(26)11-19(25)23-16-6-4-5-7-18(16)27-3/h4-10,12-13H,11H2,1-3H3,(H,23,25)(H,24,26). The van der Waals surface area contributed by atoms with Crippen molar-refractivity contribution in [1.82, 2.24) is 5.43 Å². The van der Waals surface area contributed by atoms with Crippen molar-refractivity contribution in [2.45, 2.75) is 26.4 Å². The molecule has 0 aliphatic rings. The molecule has 0 aliphatic heterocycles. The summed E-state index contributed by atoms with van der Waals surface area (Å²) in [7, 11) is 1.51. The minimum absolute atomic E-state index is 0.0668. The Kier molecular flexibility index (Phi) is 8.01. The Morgan fingerprint density at radius 1 is 1.14 bits per heavy atom. The lowest BCUT2D eigenvalue weighted by Crippen LogP contribution is -2.24. The number of anilines is 1. The average Bonchev–Trinajstić information content (AvgIpc) is 2.64. The maximum Gasteiger partial charge on any atom is 0.249 e. The predicted molar refractivity (Wildman–Crippen MR) is 112 cm³/mol. The molecule has 0 aliphatic carbocycles. The van der Waals surface area contributed by atoms with Crippen molar-refractivity contribution < 1.29 is 19.1 Å². The first kappa shape index (κ1) is 21.4. The van der Waals surface area contributed by atoms with Gasteiger partial charge in [0, 0.05) is 0 Å². The van der Waals surface area contributed by atoms with E-state index in [-0.39, 0.29) is 12.5 Å². The number of carbonyl (C=O) groups is 2. The van der Waals surface area contributed by atoms with Crippen LogP contribution in [0.15, 0.2) is 52.0 Å². The summed E-state index contributed by atoms with van der Waals surface area (Å²) in [5, 5.41) is 6.51. The molecule has 2 aromatic rings. The number of benzene rings is 2. The maximum absolute atomic E-state index is 12.0. The molecule has 2 aromatic carbocycles. The molecule has 0 fully saturated rings. The molecule has 148 valence electrons. The van der Waals surface area contributed by atoms with Crippen LogP contribution in [0.5, 0.6) is 11.5 Å². The molecule has 8 heteroatoms. The molecule has 2 rings (SSSR count). The van der Waals surface area contributed by atoms with Gasteiger partial charge < -0.3 is 14.8 Å². The van der Waals surface area contributed by atoms with Gasteiger partial charge in [0.2, 0.25) is 11.8 Å². The van der Waals surface area contributed by atoms with E-state index in [9.17, 15) is 9.59 Å². The summed E-state index contributed by atoms with van der Waals surface area (Å²) in [5.74, 6) is 0.256. The molecule has 7 nitrogen and oxygen atoms in total. The monoisotopic (exact) mass is 447 g/mol. The molecule has 0 saturated heterocycles. The minimum atomic E-state index is -0.525. The third-order valence-electron chi connectivity index (χ3n) is 3.42. The Bertz CT molecular complexity index is 868. The van der Waals surface area contributed by atoms with E-state index in [0.29, 0.717) is 11.4 Å². The van der Waals surface area contributed by atoms with Gasteiger partial charge >= 0.3 is 0 Å². The Hall–Kier alpha value is -2.87. The van der Waals surface area contributed by atoms with Gasteiger partial charge in [-0.15, -0.1) is 0 Å². The highest BCUT2D eigenvalue weighted by molar-refractivity contribution is 9.10. The minimum Gasteiger partial charge on any atom is -0.495 e. The first-order chi connectivity index (χ1) is 13.4. The summed E-state index contributed by atoms with van der Waals surface area (Å²) < 4.78 is 11.6. The van der Waals surface area contributed by atoms with Crippen molar-refractivity contribution >= 4 is 39.6 Å². The number of hydrazone groups is 1. The molecule has 0 aromatic heterocycles. The van der Waals surface area contributed by atoms with E-state index in [0.717, 1.165) is 15.8 Å². The van der Waals surface area contributed by atoms with Crippen molar-refractivity contribution in [3.05, 3.63) is 52.5 Å². The second-order valence-electron chi connectivity index (χ2n) is 6.07. The summed E-state index contributed by atoms with van der Waals surface area (Å²) in [5.41, 5.74) is 3.60. The average molecular weight is 448 g/mol. The zero-order valence-corrected chi connectivity index (χ0v) is 17.4. The van der Waals surface area contributed by atoms with E-state index in [1.54, 1.807) is 24.3 Å². The van der Waals surface area contributed by atoms with Crippen LogP contribution in [0.4, 0.5) is 5.69 Å². The largest absolute Gasteiger partial charge is 0.495 e. The second-order valence-corrected chi connectivity index (χ2v) is 6.93. The van der Waals surface area contributed by atoms with Crippen LogP contribution in [0.25, 0.3) is 0 Å². The SMILES string of the molecule is COc1ccccc1NC(=O)CC(=O)NN=Cc1ccc(OC(C)C)c(Br)c1. The van der Waals surface area contributed by atoms with E-state index in [1.807, 2.05) is 32.0 Å². The van der Waals surface area contributed by atoms with E-state index < -0.39 is 11.8 Å². The van der Waals surface area contributed by atoms with E-state index in [1.165, 1.54) is 13.3 Å². The van der Waals surface area contributed by atoms with Crippen LogP contribution in [-0.4, -0.2) is 31.2 Å². The van der Waals surface area contributed by atoms with Gasteiger partial charge in [0.1, 0.15) is 17.9 Å². The topological polar surface area (TPSA) is 89.0 Å². The van der Waals surface area contributed by atoms with Crippen molar-refractivity contribution in [3.8, 4) is 11.5 Å². The quantitative estimate of drug-likeness (QED) is 0.366. The zero-order valence-electron chi connectivity index (χ0n) is 15.9. The smallest absolute Gasteiger partial charge is 0.249 e. The lowest BCUT2D eigenvalue weighted by Gasteiger charge is -2.11. The molecular formula is C20H22BrN3O4. The van der Waals surface area contributed by atoms with Crippen molar-refractivity contribution in [2.24, 2.45) is 5.10 Å². The number of ether oxygens (including phenoxy) is 2. The number of hydrogen-bond acceptors (Lipinski definition) is 5. The van der Waals surface area contributed by atoms with Crippen molar-refractivity contribution in [2.75, 3.05) is 12.4 Å². The highest BCUT2D eigenvalue weighted by Gasteiger charge is 2.11. The summed E-state index contributed by atoms with van der Waals surface area (Å²) in [6.45, 7) is 3.89. The van der Waals surface area contributed by atoms with Crippen LogP contribution in [-0.2, 0) is 9.59 Å². The van der Waals surface area contributed by atoms with E-state index in [2.05, 4.69) is 31.8 Å². The molecule has 2 amide bonds. The third-order valence-corrected chi connectivity index (χ3v) is 4.04. The van der Waals surface area contributed by atoms with Gasteiger partial charge in [-0.2, -0.15) is 5.10 Å².